The molecule has 1 aliphatic heterocycles. The van der Waals surface area contributed by atoms with Crippen molar-refractivity contribution in [2.45, 2.75) is 12.6 Å². The average Bonchev–Trinajstić information content (AvgIpc) is 3.17. The molecule has 4 rings (SSSR count). The Labute approximate surface area is 213 Å². The van der Waals surface area contributed by atoms with Crippen molar-refractivity contribution in [1.29, 1.82) is 0 Å². The van der Waals surface area contributed by atoms with Gasteiger partial charge < -0.3 is 29.3 Å². The van der Waals surface area contributed by atoms with E-state index < -0.39 is 29.5 Å². The van der Waals surface area contributed by atoms with Gasteiger partial charge in [0.05, 0.1) is 44.1 Å². The third kappa shape index (κ3) is 4.84. The van der Waals surface area contributed by atoms with Crippen molar-refractivity contribution in [1.82, 2.24) is 4.90 Å². The van der Waals surface area contributed by atoms with Crippen LogP contribution in [0.25, 0.3) is 5.76 Å². The normalized spacial score (nSPS) is 16.5. The highest BCUT2D eigenvalue weighted by Gasteiger charge is 2.46. The number of Topliss-reactive ketones (excluding diaryl/α,β-unsaturated/α-hetero) is 1. The van der Waals surface area contributed by atoms with Gasteiger partial charge in [-0.3, -0.25) is 9.59 Å². The highest BCUT2D eigenvalue weighted by molar-refractivity contribution is 6.46. The summed E-state index contributed by atoms with van der Waals surface area (Å²) in [7, 11) is 4.16. The molecule has 1 amide bonds. The average molecular weight is 504 g/mol. The van der Waals surface area contributed by atoms with Crippen LogP contribution in [0.5, 0.6) is 17.2 Å². The van der Waals surface area contributed by atoms with Crippen LogP contribution in [0.3, 0.4) is 0 Å². The van der Waals surface area contributed by atoms with Gasteiger partial charge in [0.15, 0.2) is 0 Å². The molecule has 1 unspecified atom stereocenters. The van der Waals surface area contributed by atoms with Gasteiger partial charge >= 0.3 is 5.97 Å². The first kappa shape index (κ1) is 25.3. The number of methoxy groups -OCH3 is 3. The van der Waals surface area contributed by atoms with Crippen molar-refractivity contribution in [3.8, 4) is 17.2 Å². The molecule has 0 saturated carbocycles. The number of rotatable bonds is 7. The summed E-state index contributed by atoms with van der Waals surface area (Å²) in [6.45, 7) is -0.00161. The molecule has 0 aromatic heterocycles. The Hall–Kier alpha value is -4.79. The van der Waals surface area contributed by atoms with Crippen molar-refractivity contribution < 1.29 is 38.8 Å². The molecular formula is C28H25NO8. The van der Waals surface area contributed by atoms with E-state index >= 15 is 0 Å². The molecule has 1 saturated heterocycles. The Bertz CT molecular complexity index is 1390. The standard InChI is InChI=1S/C28H25NO8/c1-35-20-11-12-22(36-2)21(14-20)25(31)23-24(18-5-4-6-19(30)13-18)29(27(33)26(23)32)15-16-7-9-17(10-8-16)28(34)37-3/h4-14,24,30-31H,15H2,1-3H3/b25-23+. The number of aliphatic hydroxyl groups excluding tert-OH is 1. The lowest BCUT2D eigenvalue weighted by Crippen LogP contribution is -2.29. The number of carbonyl (C=O) groups is 3. The maximum Gasteiger partial charge on any atom is 0.337 e. The van der Waals surface area contributed by atoms with Crippen LogP contribution in [0.1, 0.15) is 33.1 Å². The summed E-state index contributed by atoms with van der Waals surface area (Å²) in [5.41, 5.74) is 1.41. The first-order valence-electron chi connectivity index (χ1n) is 11.3. The molecular weight excluding hydrogens is 478 g/mol. The van der Waals surface area contributed by atoms with Crippen LogP contribution >= 0.6 is 0 Å². The molecule has 1 aliphatic rings. The number of phenols is 1. The number of ether oxygens (including phenoxy) is 3. The second-order valence-electron chi connectivity index (χ2n) is 8.28. The predicted molar refractivity (Wildman–Crippen MR) is 133 cm³/mol. The minimum absolute atomic E-state index is 0.00161. The van der Waals surface area contributed by atoms with Crippen LogP contribution in [0.15, 0.2) is 72.3 Å². The molecule has 0 bridgehead atoms. The van der Waals surface area contributed by atoms with E-state index in [1.54, 1.807) is 48.5 Å². The molecule has 3 aromatic rings. The number of amides is 1. The topological polar surface area (TPSA) is 123 Å². The fourth-order valence-corrected chi connectivity index (χ4v) is 4.29. The number of hydrogen-bond acceptors (Lipinski definition) is 8. The zero-order valence-corrected chi connectivity index (χ0v) is 20.4. The maximum absolute atomic E-state index is 13.3. The quantitative estimate of drug-likeness (QED) is 0.216. The van der Waals surface area contributed by atoms with Crippen molar-refractivity contribution in [3.05, 3.63) is 94.6 Å². The van der Waals surface area contributed by atoms with Crippen molar-refractivity contribution in [3.63, 3.8) is 0 Å². The largest absolute Gasteiger partial charge is 0.508 e. The first-order valence-corrected chi connectivity index (χ1v) is 11.3. The molecule has 0 aliphatic carbocycles. The van der Waals surface area contributed by atoms with Gasteiger partial charge in [-0.1, -0.05) is 24.3 Å². The molecule has 2 N–H and O–H groups in total. The van der Waals surface area contributed by atoms with Gasteiger partial charge in [-0.2, -0.15) is 0 Å². The van der Waals surface area contributed by atoms with Crippen LogP contribution in [0.2, 0.25) is 0 Å². The number of esters is 1. The second-order valence-corrected chi connectivity index (χ2v) is 8.28. The van der Waals surface area contributed by atoms with E-state index in [9.17, 15) is 24.6 Å². The van der Waals surface area contributed by atoms with Crippen molar-refractivity contribution >= 4 is 23.4 Å². The summed E-state index contributed by atoms with van der Waals surface area (Å²) in [6, 6.07) is 16.3. The Morgan fingerprint density at radius 2 is 1.68 bits per heavy atom. The van der Waals surface area contributed by atoms with E-state index in [1.165, 1.54) is 44.4 Å². The molecule has 9 heteroatoms. The zero-order valence-electron chi connectivity index (χ0n) is 20.4. The monoisotopic (exact) mass is 503 g/mol. The van der Waals surface area contributed by atoms with Gasteiger partial charge in [-0.05, 0) is 53.6 Å². The summed E-state index contributed by atoms with van der Waals surface area (Å²) < 4.78 is 15.4. The molecule has 37 heavy (non-hydrogen) atoms. The molecule has 9 nitrogen and oxygen atoms in total. The third-order valence-corrected chi connectivity index (χ3v) is 6.12. The van der Waals surface area contributed by atoms with E-state index in [2.05, 4.69) is 0 Å². The highest BCUT2D eigenvalue weighted by Crippen LogP contribution is 2.42. The number of benzene rings is 3. The van der Waals surface area contributed by atoms with Gasteiger partial charge in [0.25, 0.3) is 11.7 Å². The lowest BCUT2D eigenvalue weighted by atomic mass is 9.94. The van der Waals surface area contributed by atoms with E-state index in [0.29, 0.717) is 22.4 Å². The lowest BCUT2D eigenvalue weighted by molar-refractivity contribution is -0.140. The van der Waals surface area contributed by atoms with E-state index in [-0.39, 0.29) is 29.2 Å². The van der Waals surface area contributed by atoms with Gasteiger partial charge in [0.1, 0.15) is 23.0 Å². The number of carbonyl (C=O) groups excluding carboxylic acids is 3. The number of aromatic hydroxyl groups is 1. The van der Waals surface area contributed by atoms with Crippen LogP contribution in [0, 0.1) is 0 Å². The maximum atomic E-state index is 13.3. The molecule has 0 spiro atoms. The summed E-state index contributed by atoms with van der Waals surface area (Å²) in [6.07, 6.45) is 0. The van der Waals surface area contributed by atoms with Crippen molar-refractivity contribution in [2.75, 3.05) is 21.3 Å². The third-order valence-electron chi connectivity index (χ3n) is 6.12. The van der Waals surface area contributed by atoms with Crippen LogP contribution < -0.4 is 9.47 Å². The number of likely N-dealkylation sites (tertiary alicyclic amines) is 1. The van der Waals surface area contributed by atoms with Gasteiger partial charge in [0.2, 0.25) is 0 Å². The summed E-state index contributed by atoms with van der Waals surface area (Å²) >= 11 is 0. The van der Waals surface area contributed by atoms with Crippen LogP contribution in [-0.4, -0.2) is 54.1 Å². The Kier molecular flexibility index (Phi) is 7.15. The molecule has 0 radical (unpaired) electrons. The molecule has 190 valence electrons. The molecule has 1 fully saturated rings. The molecule has 3 aromatic carbocycles. The van der Waals surface area contributed by atoms with E-state index in [0.717, 1.165) is 0 Å². The fourth-order valence-electron chi connectivity index (χ4n) is 4.29. The Morgan fingerprint density at radius 1 is 0.946 bits per heavy atom. The van der Waals surface area contributed by atoms with Gasteiger partial charge in [0, 0.05) is 6.54 Å². The smallest absolute Gasteiger partial charge is 0.337 e. The number of phenolic OH excluding ortho intramolecular Hbond substituents is 1. The summed E-state index contributed by atoms with van der Waals surface area (Å²) in [5, 5.41) is 21.5. The SMILES string of the molecule is COC(=O)c1ccc(CN2C(=O)C(=O)/C(=C(/O)c3cc(OC)ccc3OC)C2c2cccc(O)c2)cc1. The Balaban J connectivity index is 1.85. The summed E-state index contributed by atoms with van der Waals surface area (Å²) in [4.78, 5) is 39.7. The van der Waals surface area contributed by atoms with Crippen LogP contribution in [0.4, 0.5) is 0 Å². The predicted octanol–water partition coefficient (Wildman–Crippen LogP) is 3.82. The van der Waals surface area contributed by atoms with E-state index in [1.807, 2.05) is 0 Å². The Morgan fingerprint density at radius 3 is 2.30 bits per heavy atom. The van der Waals surface area contributed by atoms with Crippen LogP contribution in [-0.2, 0) is 20.9 Å². The first-order chi connectivity index (χ1) is 17.8. The summed E-state index contributed by atoms with van der Waals surface area (Å²) in [5.74, 6) is -2.03. The fraction of sp³-hybridized carbons (Fsp3) is 0.179. The molecule has 1 atom stereocenters. The number of aliphatic hydroxyl groups is 1. The van der Waals surface area contributed by atoms with Crippen molar-refractivity contribution in [2.24, 2.45) is 0 Å². The minimum Gasteiger partial charge on any atom is -0.508 e. The zero-order chi connectivity index (χ0) is 26.7. The minimum atomic E-state index is -1.01. The lowest BCUT2D eigenvalue weighted by Gasteiger charge is -2.26. The second kappa shape index (κ2) is 10.4. The van der Waals surface area contributed by atoms with Gasteiger partial charge in [-0.15, -0.1) is 0 Å². The number of hydrogen-bond donors (Lipinski definition) is 2. The number of ketones is 1. The number of nitrogens with zero attached hydrogens (tertiary/aromatic N) is 1. The van der Waals surface area contributed by atoms with Gasteiger partial charge in [-0.25, -0.2) is 4.79 Å². The highest BCUT2D eigenvalue weighted by atomic mass is 16.5. The van der Waals surface area contributed by atoms with E-state index in [4.69, 9.17) is 14.2 Å². The molecule has 1 heterocycles.